The van der Waals surface area contributed by atoms with E-state index in [0.717, 1.165) is 0 Å². The van der Waals surface area contributed by atoms with Crippen LogP contribution in [0, 0.1) is 5.92 Å². The summed E-state index contributed by atoms with van der Waals surface area (Å²) >= 11 is 0. The third kappa shape index (κ3) is 4.23. The van der Waals surface area contributed by atoms with Crippen LogP contribution in [0.5, 0.6) is 0 Å². The molecule has 196 valence electrons. The van der Waals surface area contributed by atoms with Crippen molar-refractivity contribution in [2.24, 2.45) is 5.92 Å². The highest BCUT2D eigenvalue weighted by Crippen LogP contribution is 2.65. The van der Waals surface area contributed by atoms with Gasteiger partial charge in [-0.05, 0) is 27.8 Å². The quantitative estimate of drug-likeness (QED) is 0.177. The highest BCUT2D eigenvalue weighted by molar-refractivity contribution is 7.19. The van der Waals surface area contributed by atoms with Crippen molar-refractivity contribution in [3.63, 3.8) is 0 Å². The van der Waals surface area contributed by atoms with Gasteiger partial charge >= 0.3 is 0 Å². The summed E-state index contributed by atoms with van der Waals surface area (Å²) < 4.78 is 0. The van der Waals surface area contributed by atoms with Gasteiger partial charge in [0.05, 0.1) is 0 Å². The van der Waals surface area contributed by atoms with Crippen LogP contribution in [0.15, 0.2) is 176 Å². The zero-order valence-corrected chi connectivity index (χ0v) is 24.8. The van der Waals surface area contributed by atoms with Crippen LogP contribution < -0.4 is 0 Å². The summed E-state index contributed by atoms with van der Waals surface area (Å²) in [5.74, 6) is 0.0279. The minimum absolute atomic E-state index is 0.0279. The Hall–Kier alpha value is -3.56. The van der Waals surface area contributed by atoms with E-state index >= 15 is 0 Å². The molecule has 6 rings (SSSR count). The van der Waals surface area contributed by atoms with E-state index in [0.29, 0.717) is 0 Å². The fourth-order valence-corrected chi connectivity index (χ4v) is 8.33. The molecule has 0 radical (unpaired) electrons. The molecule has 0 amide bonds. The second-order valence-corrected chi connectivity index (χ2v) is 12.4. The number of rotatable bonds is 7. The zero-order chi connectivity index (χ0) is 27.5. The highest BCUT2D eigenvalue weighted by atomic mass is 31.0. The van der Waals surface area contributed by atoms with Gasteiger partial charge < -0.3 is 0 Å². The number of hydrogen-bond donors (Lipinski definition) is 0. The van der Waals surface area contributed by atoms with Gasteiger partial charge in [-0.1, -0.05) is 176 Å². The normalized spacial score (nSPS) is 18.9. The zero-order valence-electron chi connectivity index (χ0n) is 22.5. The second kappa shape index (κ2) is 11.1. The number of allylic oxidation sites excluding steroid dienone is 4. The van der Waals surface area contributed by atoms with Crippen molar-refractivity contribution in [3.8, 4) is 0 Å². The predicted octanol–water partition coefficient (Wildman–Crippen LogP) is 9.30. The Morgan fingerprint density at radius 1 is 0.450 bits per heavy atom. The van der Waals surface area contributed by atoms with Crippen molar-refractivity contribution in [1.29, 1.82) is 0 Å². The summed E-state index contributed by atoms with van der Waals surface area (Å²) in [6, 6.07) is 55.0. The van der Waals surface area contributed by atoms with Gasteiger partial charge in [0.1, 0.15) is 0 Å². The Labute approximate surface area is 243 Å². The van der Waals surface area contributed by atoms with Crippen molar-refractivity contribution in [2.75, 3.05) is 0 Å². The Balaban J connectivity index is 1.76. The minimum Gasteiger partial charge on any atom is -0.121 e. The molecule has 4 atom stereocenters. The Bertz CT molecular complexity index is 1510. The lowest BCUT2D eigenvalue weighted by Crippen LogP contribution is -2.55. The molecular formula is C38H34P2. The van der Waals surface area contributed by atoms with Crippen LogP contribution in [0.1, 0.15) is 27.8 Å². The maximum absolute atomic E-state index is 3.38. The first-order chi connectivity index (χ1) is 19.6. The van der Waals surface area contributed by atoms with E-state index in [2.05, 4.69) is 194 Å². The van der Waals surface area contributed by atoms with E-state index < -0.39 is 15.7 Å². The molecule has 0 saturated carbocycles. The van der Waals surface area contributed by atoms with Gasteiger partial charge in [0, 0.05) is 21.6 Å². The molecule has 40 heavy (non-hydrogen) atoms. The predicted molar refractivity (Wildman–Crippen MR) is 177 cm³/mol. The molecule has 0 aromatic heterocycles. The van der Waals surface area contributed by atoms with E-state index in [9.17, 15) is 0 Å². The number of benzene rings is 5. The first-order valence-corrected chi connectivity index (χ1v) is 15.0. The van der Waals surface area contributed by atoms with Gasteiger partial charge in [-0.15, -0.1) is 18.5 Å². The summed E-state index contributed by atoms with van der Waals surface area (Å²) in [5.41, 5.74) is 5.85. The lowest BCUT2D eigenvalue weighted by molar-refractivity contribution is 0.282. The van der Waals surface area contributed by atoms with Crippen LogP contribution in [0.4, 0.5) is 0 Å². The SMILES string of the molecule is PC(c1ccccc1)(c1ccccc1)[C@@H]1C=CC=C[C@@]1(c1ccccc1)C(P)(c1ccccc1)c1ccccc1. The summed E-state index contributed by atoms with van der Waals surface area (Å²) in [4.78, 5) is 0. The van der Waals surface area contributed by atoms with Crippen molar-refractivity contribution < 1.29 is 0 Å². The van der Waals surface area contributed by atoms with Crippen LogP contribution in [0.2, 0.25) is 0 Å². The molecule has 0 aliphatic heterocycles. The van der Waals surface area contributed by atoms with Crippen molar-refractivity contribution in [1.82, 2.24) is 0 Å². The van der Waals surface area contributed by atoms with E-state index in [1.807, 2.05) is 0 Å². The molecule has 0 nitrogen and oxygen atoms in total. The second-order valence-electron chi connectivity index (χ2n) is 10.6. The first kappa shape index (κ1) is 26.7. The average molecular weight is 553 g/mol. The molecule has 1 aliphatic carbocycles. The summed E-state index contributed by atoms with van der Waals surface area (Å²) in [6.07, 6.45) is 9.38. The van der Waals surface area contributed by atoms with E-state index in [1.54, 1.807) is 0 Å². The molecule has 1 aliphatic rings. The van der Waals surface area contributed by atoms with Crippen molar-refractivity contribution in [3.05, 3.63) is 204 Å². The topological polar surface area (TPSA) is 0 Å². The van der Waals surface area contributed by atoms with Gasteiger partial charge in [-0.25, -0.2) is 0 Å². The van der Waals surface area contributed by atoms with Gasteiger partial charge in [0.25, 0.3) is 0 Å². The van der Waals surface area contributed by atoms with Gasteiger partial charge in [-0.2, -0.15) is 0 Å². The highest BCUT2D eigenvalue weighted by Gasteiger charge is 2.59. The monoisotopic (exact) mass is 552 g/mol. The van der Waals surface area contributed by atoms with Crippen LogP contribution in [-0.4, -0.2) is 0 Å². The minimum atomic E-state index is -0.492. The molecule has 0 spiro atoms. The van der Waals surface area contributed by atoms with E-state index in [4.69, 9.17) is 0 Å². The van der Waals surface area contributed by atoms with Gasteiger partial charge in [0.2, 0.25) is 0 Å². The smallest absolute Gasteiger partial charge is 0.0481 e. The first-order valence-electron chi connectivity index (χ1n) is 13.8. The van der Waals surface area contributed by atoms with E-state index in [-0.39, 0.29) is 5.92 Å². The Morgan fingerprint density at radius 2 is 0.825 bits per heavy atom. The third-order valence-corrected chi connectivity index (χ3v) is 10.8. The Morgan fingerprint density at radius 3 is 1.25 bits per heavy atom. The van der Waals surface area contributed by atoms with Crippen LogP contribution in [-0.2, 0) is 15.7 Å². The summed E-state index contributed by atoms with van der Waals surface area (Å²) in [5, 5.41) is -0.917. The molecular weight excluding hydrogens is 518 g/mol. The van der Waals surface area contributed by atoms with Crippen molar-refractivity contribution in [2.45, 2.75) is 15.7 Å². The maximum atomic E-state index is 3.38. The molecule has 0 bridgehead atoms. The van der Waals surface area contributed by atoms with Gasteiger partial charge in [-0.3, -0.25) is 0 Å². The molecule has 2 unspecified atom stereocenters. The number of hydrogen-bond acceptors (Lipinski definition) is 0. The molecule has 0 heterocycles. The lowest BCUT2D eigenvalue weighted by Gasteiger charge is -2.57. The molecule has 0 saturated heterocycles. The van der Waals surface area contributed by atoms with Gasteiger partial charge in [0.15, 0.2) is 0 Å². The molecule has 5 aromatic rings. The van der Waals surface area contributed by atoms with E-state index in [1.165, 1.54) is 27.8 Å². The van der Waals surface area contributed by atoms with Crippen LogP contribution in [0.25, 0.3) is 0 Å². The Kier molecular flexibility index (Phi) is 7.42. The lowest BCUT2D eigenvalue weighted by atomic mass is 9.52. The van der Waals surface area contributed by atoms with Crippen molar-refractivity contribution >= 4 is 18.5 Å². The summed E-state index contributed by atoms with van der Waals surface area (Å²) in [6.45, 7) is 0. The largest absolute Gasteiger partial charge is 0.121 e. The molecule has 0 fully saturated rings. The fraction of sp³-hybridized carbons (Fsp3) is 0.105. The molecule has 5 aromatic carbocycles. The van der Waals surface area contributed by atoms with Crippen LogP contribution in [0.3, 0.4) is 0 Å². The summed E-state index contributed by atoms with van der Waals surface area (Å²) in [7, 11) is 6.72. The maximum Gasteiger partial charge on any atom is 0.0481 e. The third-order valence-electron chi connectivity index (χ3n) is 8.62. The average Bonchev–Trinajstić information content (AvgIpc) is 3.06. The molecule has 2 heteroatoms. The fourth-order valence-electron chi connectivity index (χ4n) is 6.74. The molecule has 0 N–H and O–H groups in total. The van der Waals surface area contributed by atoms with Crippen LogP contribution >= 0.6 is 18.5 Å². The standard InChI is InChI=1S/C38H34P2/c39-37(31-20-8-2-9-21-31,32-22-10-3-11-23-32)35-28-16-17-29-36(35,30-18-6-1-7-19-30)38(40,33-24-12-4-13-25-33)34-26-14-5-15-27-34/h1-29,35H,39-40H2/t35-,36+/m1/s1.